The number of anilines is 2. The number of nitrogens with zero attached hydrogens (tertiary/aromatic N) is 3. The van der Waals surface area contributed by atoms with Crippen molar-refractivity contribution in [1.82, 2.24) is 4.31 Å². The van der Waals surface area contributed by atoms with Crippen molar-refractivity contribution in [1.29, 1.82) is 0 Å². The van der Waals surface area contributed by atoms with E-state index in [2.05, 4.69) is 4.90 Å². The number of carbonyl (C=O) groups excluding carboxylic acids is 1. The van der Waals surface area contributed by atoms with Crippen LogP contribution >= 0.6 is 0 Å². The molecule has 33 heavy (non-hydrogen) atoms. The molecule has 2 aromatic rings. The van der Waals surface area contributed by atoms with Gasteiger partial charge in [-0.25, -0.2) is 8.42 Å². The molecule has 1 amide bonds. The van der Waals surface area contributed by atoms with E-state index in [1.165, 1.54) is 0 Å². The average molecular weight is 470 g/mol. The maximum absolute atomic E-state index is 13.4. The largest absolute Gasteiger partial charge is 0.497 e. The molecule has 1 saturated carbocycles. The first-order chi connectivity index (χ1) is 15.9. The van der Waals surface area contributed by atoms with E-state index in [0.717, 1.165) is 42.0 Å². The lowest BCUT2D eigenvalue weighted by Crippen LogP contribution is -2.48. The predicted molar refractivity (Wildman–Crippen MR) is 128 cm³/mol. The van der Waals surface area contributed by atoms with Crippen molar-refractivity contribution >= 4 is 27.3 Å². The molecule has 0 radical (unpaired) electrons. The van der Waals surface area contributed by atoms with E-state index in [1.807, 2.05) is 42.2 Å². The van der Waals surface area contributed by atoms with E-state index in [0.29, 0.717) is 37.5 Å². The molecule has 0 aromatic heterocycles. The molecule has 0 bridgehead atoms. The second kappa shape index (κ2) is 8.65. The van der Waals surface area contributed by atoms with Gasteiger partial charge in [0.15, 0.2) is 0 Å². The van der Waals surface area contributed by atoms with Crippen molar-refractivity contribution < 1.29 is 17.9 Å². The van der Waals surface area contributed by atoms with Gasteiger partial charge in [0.2, 0.25) is 15.9 Å². The van der Waals surface area contributed by atoms with Gasteiger partial charge in [0.1, 0.15) is 5.75 Å². The van der Waals surface area contributed by atoms with Gasteiger partial charge >= 0.3 is 0 Å². The van der Waals surface area contributed by atoms with Crippen molar-refractivity contribution in [3.63, 3.8) is 0 Å². The number of fused-ring (bicyclic) bond motifs is 1. The maximum atomic E-state index is 13.4. The fourth-order valence-electron chi connectivity index (χ4n) is 5.08. The first kappa shape index (κ1) is 22.2. The summed E-state index contributed by atoms with van der Waals surface area (Å²) >= 11 is 0. The zero-order valence-corrected chi connectivity index (χ0v) is 20.1. The van der Waals surface area contributed by atoms with Crippen molar-refractivity contribution in [2.24, 2.45) is 5.92 Å². The van der Waals surface area contributed by atoms with Crippen LogP contribution in [0.1, 0.15) is 31.7 Å². The van der Waals surface area contributed by atoms with Gasteiger partial charge in [-0.1, -0.05) is 6.42 Å². The first-order valence-electron chi connectivity index (χ1n) is 11.7. The average Bonchev–Trinajstić information content (AvgIpc) is 3.13. The number of ether oxygens (including phenoxy) is 1. The number of carbonyl (C=O) groups is 1. The van der Waals surface area contributed by atoms with Gasteiger partial charge < -0.3 is 14.5 Å². The molecule has 176 valence electrons. The van der Waals surface area contributed by atoms with Crippen molar-refractivity contribution in [3.8, 4) is 5.75 Å². The third kappa shape index (κ3) is 3.99. The summed E-state index contributed by atoms with van der Waals surface area (Å²) in [6.45, 7) is 4.19. The molecule has 5 rings (SSSR count). The Bertz CT molecular complexity index is 1140. The molecule has 7 nitrogen and oxygen atoms in total. The molecule has 1 unspecified atom stereocenters. The van der Waals surface area contributed by atoms with Crippen LogP contribution in [0.2, 0.25) is 0 Å². The van der Waals surface area contributed by atoms with Crippen LogP contribution in [0.15, 0.2) is 47.4 Å². The van der Waals surface area contributed by atoms with E-state index in [-0.39, 0.29) is 17.9 Å². The summed E-state index contributed by atoms with van der Waals surface area (Å²) < 4.78 is 33.6. The summed E-state index contributed by atoms with van der Waals surface area (Å²) in [4.78, 5) is 17.3. The molecule has 2 fully saturated rings. The maximum Gasteiger partial charge on any atom is 0.243 e. The fourth-order valence-corrected chi connectivity index (χ4v) is 6.56. The minimum atomic E-state index is -3.58. The summed E-state index contributed by atoms with van der Waals surface area (Å²) in [5.74, 6) is 1.13. The van der Waals surface area contributed by atoms with Crippen LogP contribution in [0, 0.1) is 5.92 Å². The van der Waals surface area contributed by atoms with Crippen LogP contribution in [0.5, 0.6) is 5.75 Å². The standard InChI is InChI=1S/C25H31N3O4S/c1-18-16-20-17-23(10-11-24(20)28(18)25(29)19-4-3-5-19)33(30,31)27-14-12-26(13-15-27)21-6-8-22(32-2)9-7-21/h6-11,17-19H,3-5,12-16H2,1-2H3. The second-order valence-corrected chi connectivity index (χ2v) is 11.2. The van der Waals surface area contributed by atoms with E-state index < -0.39 is 10.0 Å². The van der Waals surface area contributed by atoms with Gasteiger partial charge in [-0.2, -0.15) is 4.31 Å². The van der Waals surface area contributed by atoms with Crippen LogP contribution in [0.4, 0.5) is 11.4 Å². The molecule has 8 heteroatoms. The highest BCUT2D eigenvalue weighted by atomic mass is 32.2. The second-order valence-electron chi connectivity index (χ2n) is 9.27. The third-order valence-electron chi connectivity index (χ3n) is 7.27. The molecule has 3 aliphatic rings. The van der Waals surface area contributed by atoms with E-state index in [4.69, 9.17) is 4.74 Å². The molecule has 2 aromatic carbocycles. The van der Waals surface area contributed by atoms with Gasteiger partial charge in [0.25, 0.3) is 0 Å². The Morgan fingerprint density at radius 1 is 1.00 bits per heavy atom. The minimum Gasteiger partial charge on any atom is -0.497 e. The topological polar surface area (TPSA) is 70.2 Å². The minimum absolute atomic E-state index is 0.0686. The number of amides is 1. The highest BCUT2D eigenvalue weighted by Gasteiger charge is 2.38. The first-order valence-corrected chi connectivity index (χ1v) is 13.2. The molecule has 2 heterocycles. The Morgan fingerprint density at radius 2 is 1.70 bits per heavy atom. The van der Waals surface area contributed by atoms with Gasteiger partial charge in [0, 0.05) is 49.5 Å². The summed E-state index contributed by atoms with van der Waals surface area (Å²) in [5, 5.41) is 0. The summed E-state index contributed by atoms with van der Waals surface area (Å²) in [6.07, 6.45) is 3.75. The quantitative estimate of drug-likeness (QED) is 0.672. The number of benzene rings is 2. The lowest BCUT2D eigenvalue weighted by molar-refractivity contribution is -0.125. The highest BCUT2D eigenvalue weighted by molar-refractivity contribution is 7.89. The molecular weight excluding hydrogens is 438 g/mol. The highest BCUT2D eigenvalue weighted by Crippen LogP contribution is 2.38. The van der Waals surface area contributed by atoms with Gasteiger partial charge in [0.05, 0.1) is 12.0 Å². The lowest BCUT2D eigenvalue weighted by atomic mass is 9.84. The molecule has 1 saturated heterocycles. The number of sulfonamides is 1. The van der Waals surface area contributed by atoms with Crippen LogP contribution in [0.3, 0.4) is 0 Å². The lowest BCUT2D eigenvalue weighted by Gasteiger charge is -2.35. The van der Waals surface area contributed by atoms with Crippen molar-refractivity contribution in [2.45, 2.75) is 43.5 Å². The Hall–Kier alpha value is -2.58. The van der Waals surface area contributed by atoms with Crippen molar-refractivity contribution in [3.05, 3.63) is 48.0 Å². The zero-order valence-electron chi connectivity index (χ0n) is 19.2. The molecule has 1 atom stereocenters. The monoisotopic (exact) mass is 469 g/mol. The smallest absolute Gasteiger partial charge is 0.243 e. The number of rotatable bonds is 5. The van der Waals surface area contributed by atoms with E-state index in [1.54, 1.807) is 23.5 Å². The van der Waals surface area contributed by atoms with E-state index >= 15 is 0 Å². The number of piperazine rings is 1. The summed E-state index contributed by atoms with van der Waals surface area (Å²) in [6, 6.07) is 13.2. The fraction of sp³-hybridized carbons (Fsp3) is 0.480. The molecule has 0 N–H and O–H groups in total. The van der Waals surface area contributed by atoms with Gasteiger partial charge in [-0.05, 0) is 74.2 Å². The predicted octanol–water partition coefficient (Wildman–Crippen LogP) is 3.28. The van der Waals surface area contributed by atoms with Crippen LogP contribution in [0.25, 0.3) is 0 Å². The van der Waals surface area contributed by atoms with Crippen molar-refractivity contribution in [2.75, 3.05) is 43.1 Å². The molecular formula is C25H31N3O4S. The van der Waals surface area contributed by atoms with Gasteiger partial charge in [-0.15, -0.1) is 0 Å². The molecule has 2 aliphatic heterocycles. The van der Waals surface area contributed by atoms with Crippen LogP contribution in [-0.4, -0.2) is 58.0 Å². The number of hydrogen-bond donors (Lipinski definition) is 0. The Balaban J connectivity index is 1.29. The van der Waals surface area contributed by atoms with Crippen LogP contribution < -0.4 is 14.5 Å². The Labute approximate surface area is 196 Å². The SMILES string of the molecule is COc1ccc(N2CCN(S(=O)(=O)c3ccc4c(c3)CC(C)N4C(=O)C3CCC3)CC2)cc1. The Kier molecular flexibility index (Phi) is 5.82. The summed E-state index contributed by atoms with van der Waals surface area (Å²) in [5.41, 5.74) is 2.89. The molecule has 1 aliphatic carbocycles. The number of hydrogen-bond acceptors (Lipinski definition) is 5. The normalized spacial score (nSPS) is 21.6. The van der Waals surface area contributed by atoms with Gasteiger partial charge in [-0.3, -0.25) is 4.79 Å². The Morgan fingerprint density at radius 3 is 2.30 bits per heavy atom. The van der Waals surface area contributed by atoms with E-state index in [9.17, 15) is 13.2 Å². The summed E-state index contributed by atoms with van der Waals surface area (Å²) in [7, 11) is -1.94. The third-order valence-corrected chi connectivity index (χ3v) is 9.17. The number of methoxy groups -OCH3 is 1. The van der Waals surface area contributed by atoms with Crippen LogP contribution in [-0.2, 0) is 21.2 Å². The zero-order chi connectivity index (χ0) is 23.2. The molecule has 0 spiro atoms.